The average molecular weight is 503 g/mol. The number of benzene rings is 3. The van der Waals surface area contributed by atoms with Gasteiger partial charge in [0.25, 0.3) is 5.91 Å². The van der Waals surface area contributed by atoms with Crippen LogP contribution in [-0.2, 0) is 16.4 Å². The molecule has 0 saturated heterocycles. The number of amides is 1. The quantitative estimate of drug-likeness (QED) is 0.366. The molecule has 5 rings (SSSR count). The van der Waals surface area contributed by atoms with E-state index in [-0.39, 0.29) is 34.3 Å². The van der Waals surface area contributed by atoms with Crippen LogP contribution in [0.3, 0.4) is 0 Å². The number of nitrogens with zero attached hydrogens (tertiary/aromatic N) is 1. The first-order valence-corrected chi connectivity index (χ1v) is 12.7. The molecule has 1 aliphatic rings. The van der Waals surface area contributed by atoms with Crippen LogP contribution in [0.2, 0.25) is 0 Å². The lowest BCUT2D eigenvalue weighted by atomic mass is 10.0. The Hall–Kier alpha value is -4.17. The highest BCUT2D eigenvalue weighted by Gasteiger charge is 2.35. The lowest BCUT2D eigenvalue weighted by molar-refractivity contribution is 0.0951. The minimum atomic E-state index is -3.89. The van der Waals surface area contributed by atoms with Gasteiger partial charge in [0.05, 0.1) is 4.90 Å². The van der Waals surface area contributed by atoms with Crippen LogP contribution in [0.25, 0.3) is 5.57 Å². The molecule has 5 nitrogen and oxygen atoms in total. The number of sulfone groups is 1. The Bertz CT molecular complexity index is 1580. The predicted molar refractivity (Wildman–Crippen MR) is 132 cm³/mol. The highest BCUT2D eigenvalue weighted by atomic mass is 32.2. The summed E-state index contributed by atoms with van der Waals surface area (Å²) in [6, 6.07) is 21.6. The third-order valence-electron chi connectivity index (χ3n) is 6.07. The monoisotopic (exact) mass is 502 g/mol. The van der Waals surface area contributed by atoms with E-state index in [1.165, 1.54) is 42.6 Å². The molecule has 1 aliphatic carbocycles. The van der Waals surface area contributed by atoms with Gasteiger partial charge in [-0.2, -0.15) is 4.39 Å². The number of aromatic nitrogens is 1. The van der Waals surface area contributed by atoms with Crippen molar-refractivity contribution < 1.29 is 22.0 Å². The smallest absolute Gasteiger partial charge is 0.251 e. The van der Waals surface area contributed by atoms with E-state index in [1.807, 2.05) is 0 Å². The Morgan fingerprint density at radius 1 is 0.861 bits per heavy atom. The number of nitrogens with one attached hydrogen (secondary N) is 1. The topological polar surface area (TPSA) is 76.1 Å². The number of hydrogen-bond acceptors (Lipinski definition) is 4. The normalized spacial score (nSPS) is 14.7. The third-order valence-corrected chi connectivity index (χ3v) is 8.06. The van der Waals surface area contributed by atoms with E-state index in [9.17, 15) is 22.0 Å². The van der Waals surface area contributed by atoms with Crippen molar-refractivity contribution in [3.8, 4) is 0 Å². The van der Waals surface area contributed by atoms with Gasteiger partial charge >= 0.3 is 0 Å². The molecule has 36 heavy (non-hydrogen) atoms. The second kappa shape index (κ2) is 9.47. The van der Waals surface area contributed by atoms with Crippen LogP contribution in [0.1, 0.15) is 37.9 Å². The predicted octanol–water partition coefficient (Wildman–Crippen LogP) is 5.25. The van der Waals surface area contributed by atoms with Crippen LogP contribution in [0, 0.1) is 11.8 Å². The summed E-state index contributed by atoms with van der Waals surface area (Å²) in [6.07, 6.45) is 2.88. The molecule has 8 heteroatoms. The Morgan fingerprint density at radius 3 is 2.28 bits per heavy atom. The number of hydrogen-bond donors (Lipinski definition) is 1. The number of carbonyl (C=O) groups excluding carboxylic acids is 1. The highest BCUT2D eigenvalue weighted by molar-refractivity contribution is 7.91. The van der Waals surface area contributed by atoms with E-state index in [0.717, 1.165) is 5.56 Å². The van der Waals surface area contributed by atoms with Crippen molar-refractivity contribution in [2.24, 2.45) is 0 Å². The number of halogens is 2. The van der Waals surface area contributed by atoms with E-state index in [0.29, 0.717) is 16.7 Å². The summed E-state index contributed by atoms with van der Waals surface area (Å²) in [4.78, 5) is 16.3. The van der Waals surface area contributed by atoms with Crippen molar-refractivity contribution >= 4 is 21.3 Å². The first-order chi connectivity index (χ1) is 17.3. The molecule has 1 aromatic heterocycles. The molecule has 0 spiro atoms. The zero-order valence-electron chi connectivity index (χ0n) is 18.9. The summed E-state index contributed by atoms with van der Waals surface area (Å²) in [5.74, 6) is -1.42. The van der Waals surface area contributed by atoms with E-state index in [2.05, 4.69) is 10.3 Å². The van der Waals surface area contributed by atoms with Gasteiger partial charge in [-0.3, -0.25) is 4.79 Å². The van der Waals surface area contributed by atoms with Crippen LogP contribution in [-0.4, -0.2) is 19.3 Å². The molecule has 0 radical (unpaired) electrons. The lowest BCUT2D eigenvalue weighted by Crippen LogP contribution is -2.22. The van der Waals surface area contributed by atoms with Gasteiger partial charge in [0.2, 0.25) is 5.95 Å². The second-order valence-electron chi connectivity index (χ2n) is 8.31. The zero-order valence-corrected chi connectivity index (χ0v) is 19.7. The van der Waals surface area contributed by atoms with E-state index < -0.39 is 21.0 Å². The van der Waals surface area contributed by atoms with Crippen molar-refractivity contribution in [1.29, 1.82) is 0 Å². The van der Waals surface area contributed by atoms with E-state index in [4.69, 9.17) is 0 Å². The molecule has 180 valence electrons. The SMILES string of the molecule is O=C(NCc1ccc(F)cc1)c1ccc(S(=O)(=O)C2C=C(c3cccnc3F)c3ccccc32)cc1. The molecule has 1 amide bonds. The first-order valence-electron chi connectivity index (χ1n) is 11.1. The van der Waals surface area contributed by atoms with Crippen LogP contribution in [0.5, 0.6) is 0 Å². The van der Waals surface area contributed by atoms with Gasteiger partial charge in [0, 0.05) is 23.9 Å². The summed E-state index contributed by atoms with van der Waals surface area (Å²) in [6.45, 7) is 0.205. The van der Waals surface area contributed by atoms with Gasteiger partial charge in [-0.1, -0.05) is 42.5 Å². The van der Waals surface area contributed by atoms with E-state index >= 15 is 0 Å². The Morgan fingerprint density at radius 2 is 1.56 bits per heavy atom. The van der Waals surface area contributed by atoms with Crippen molar-refractivity contribution in [1.82, 2.24) is 10.3 Å². The zero-order chi connectivity index (χ0) is 25.3. The minimum absolute atomic E-state index is 0.0431. The molecule has 1 heterocycles. The number of pyridine rings is 1. The molecular formula is C28H20F2N2O3S. The van der Waals surface area contributed by atoms with Gasteiger partial charge < -0.3 is 5.32 Å². The standard InChI is InChI=1S/C28H20F2N2O3S/c29-20-11-7-18(8-12-20)17-32-28(33)19-9-13-21(14-10-19)36(34,35)26-16-25(22-4-1-2-5-23(22)26)24-6-3-15-31-27(24)30/h1-16,26H,17H2,(H,32,33). The molecule has 0 saturated carbocycles. The Kier molecular flexibility index (Phi) is 6.20. The van der Waals surface area contributed by atoms with Crippen LogP contribution in [0.4, 0.5) is 8.78 Å². The maximum absolute atomic E-state index is 14.4. The maximum Gasteiger partial charge on any atom is 0.251 e. The number of rotatable bonds is 6. The molecule has 1 unspecified atom stereocenters. The molecular weight excluding hydrogens is 482 g/mol. The molecule has 4 aromatic rings. The lowest BCUT2D eigenvalue weighted by Gasteiger charge is -2.13. The van der Waals surface area contributed by atoms with Crippen LogP contribution in [0.15, 0.2) is 102 Å². The highest BCUT2D eigenvalue weighted by Crippen LogP contribution is 2.44. The largest absolute Gasteiger partial charge is 0.348 e. The second-order valence-corrected chi connectivity index (χ2v) is 10.4. The fraction of sp³-hybridized carbons (Fsp3) is 0.0714. The first kappa shape index (κ1) is 23.6. The van der Waals surface area contributed by atoms with Crippen LogP contribution < -0.4 is 5.32 Å². The van der Waals surface area contributed by atoms with Crippen molar-refractivity contribution in [3.05, 3.63) is 137 Å². The summed E-state index contributed by atoms with van der Waals surface area (Å²) in [7, 11) is -3.89. The third kappa shape index (κ3) is 4.43. The van der Waals surface area contributed by atoms with E-state index in [1.54, 1.807) is 54.6 Å². The van der Waals surface area contributed by atoms with Gasteiger partial charge in [-0.15, -0.1) is 0 Å². The van der Waals surface area contributed by atoms with Crippen molar-refractivity contribution in [3.63, 3.8) is 0 Å². The molecule has 0 fully saturated rings. The van der Waals surface area contributed by atoms with Gasteiger partial charge in [-0.25, -0.2) is 17.8 Å². The van der Waals surface area contributed by atoms with Gasteiger partial charge in [0.1, 0.15) is 11.1 Å². The molecule has 1 N–H and O–H groups in total. The Balaban J connectivity index is 1.40. The van der Waals surface area contributed by atoms with Gasteiger partial charge in [0.15, 0.2) is 9.84 Å². The van der Waals surface area contributed by atoms with Crippen LogP contribution >= 0.6 is 0 Å². The average Bonchev–Trinajstić information content (AvgIpc) is 3.29. The maximum atomic E-state index is 14.4. The van der Waals surface area contributed by atoms with Gasteiger partial charge in [-0.05, 0) is 70.8 Å². The summed E-state index contributed by atoms with van der Waals surface area (Å²) < 4.78 is 54.7. The summed E-state index contributed by atoms with van der Waals surface area (Å²) in [5, 5.41) is 1.72. The molecule has 1 atom stereocenters. The van der Waals surface area contributed by atoms with Crippen molar-refractivity contribution in [2.45, 2.75) is 16.7 Å². The summed E-state index contributed by atoms with van der Waals surface area (Å²) in [5.41, 5.74) is 2.91. The molecule has 3 aromatic carbocycles. The molecule has 0 aliphatic heterocycles. The minimum Gasteiger partial charge on any atom is -0.348 e. The Labute approximate surface area is 207 Å². The molecule has 0 bridgehead atoms. The summed E-state index contributed by atoms with van der Waals surface area (Å²) >= 11 is 0. The fourth-order valence-corrected chi connectivity index (χ4v) is 5.89. The fourth-order valence-electron chi connectivity index (χ4n) is 4.23. The number of carbonyl (C=O) groups is 1. The number of fused-ring (bicyclic) bond motifs is 1. The van der Waals surface area contributed by atoms with Crippen molar-refractivity contribution in [2.75, 3.05) is 0 Å².